The van der Waals surface area contributed by atoms with E-state index < -0.39 is 0 Å². The number of H-pyrrole nitrogens is 1. The van der Waals surface area contributed by atoms with Crippen LogP contribution in [0.15, 0.2) is 18.2 Å². The number of nitrogens with two attached hydrogens (primary N) is 1. The topological polar surface area (TPSA) is 63.9 Å². The number of rotatable bonds is 4. The van der Waals surface area contributed by atoms with Gasteiger partial charge in [0.05, 0.1) is 18.1 Å². The van der Waals surface area contributed by atoms with E-state index in [9.17, 15) is 0 Å². The third-order valence-electron chi connectivity index (χ3n) is 3.07. The molecule has 0 saturated carbocycles. The van der Waals surface area contributed by atoms with Gasteiger partial charge in [-0.1, -0.05) is 20.8 Å². The van der Waals surface area contributed by atoms with Crippen molar-refractivity contribution in [2.24, 2.45) is 11.1 Å². The third kappa shape index (κ3) is 3.70. The molecule has 0 aliphatic heterocycles. The minimum atomic E-state index is 0.127. The van der Waals surface area contributed by atoms with Crippen LogP contribution in [0.1, 0.15) is 33.0 Å². The number of methoxy groups -OCH3 is 1. The number of hydrogen-bond acceptors (Lipinski definition) is 3. The summed E-state index contributed by atoms with van der Waals surface area (Å²) in [5, 5.41) is 0. The molecule has 3 N–H and O–H groups in total. The van der Waals surface area contributed by atoms with Crippen molar-refractivity contribution in [3.05, 3.63) is 24.0 Å². The standard InChI is InChI=1S/C15H23N3O/c1-15(2,3)9-10(16)7-14-17-12-6-5-11(19-4)8-13(12)18-14/h5-6,8,10H,7,9,16H2,1-4H3,(H,17,18). The first-order valence-corrected chi connectivity index (χ1v) is 6.65. The third-order valence-corrected chi connectivity index (χ3v) is 3.07. The zero-order valence-corrected chi connectivity index (χ0v) is 12.2. The quantitative estimate of drug-likeness (QED) is 0.889. The van der Waals surface area contributed by atoms with Crippen molar-refractivity contribution in [2.45, 2.75) is 39.7 Å². The molecular weight excluding hydrogens is 238 g/mol. The first kappa shape index (κ1) is 13.9. The summed E-state index contributed by atoms with van der Waals surface area (Å²) in [7, 11) is 1.66. The number of aromatic amines is 1. The van der Waals surface area contributed by atoms with Crippen LogP contribution < -0.4 is 10.5 Å². The van der Waals surface area contributed by atoms with Crippen LogP contribution in [0, 0.1) is 5.41 Å². The minimum absolute atomic E-state index is 0.127. The van der Waals surface area contributed by atoms with Gasteiger partial charge in [-0.3, -0.25) is 0 Å². The Balaban J connectivity index is 2.13. The maximum atomic E-state index is 6.19. The van der Waals surface area contributed by atoms with Crippen molar-refractivity contribution in [3.63, 3.8) is 0 Å². The van der Waals surface area contributed by atoms with Gasteiger partial charge in [-0.25, -0.2) is 4.98 Å². The van der Waals surface area contributed by atoms with E-state index >= 15 is 0 Å². The fourth-order valence-corrected chi connectivity index (χ4v) is 2.37. The van der Waals surface area contributed by atoms with E-state index in [1.807, 2.05) is 18.2 Å². The van der Waals surface area contributed by atoms with Gasteiger partial charge in [0.25, 0.3) is 0 Å². The number of benzene rings is 1. The van der Waals surface area contributed by atoms with Crippen LogP contribution in [0.3, 0.4) is 0 Å². The van der Waals surface area contributed by atoms with Gasteiger partial charge < -0.3 is 15.5 Å². The van der Waals surface area contributed by atoms with E-state index in [4.69, 9.17) is 10.5 Å². The summed E-state index contributed by atoms with van der Waals surface area (Å²) in [4.78, 5) is 7.88. The molecular formula is C15H23N3O. The fraction of sp³-hybridized carbons (Fsp3) is 0.533. The van der Waals surface area contributed by atoms with Crippen LogP contribution in [0.4, 0.5) is 0 Å². The van der Waals surface area contributed by atoms with Crippen molar-refractivity contribution >= 4 is 11.0 Å². The lowest BCUT2D eigenvalue weighted by Crippen LogP contribution is -2.28. The second kappa shape index (κ2) is 5.21. The van der Waals surface area contributed by atoms with E-state index in [1.165, 1.54) is 0 Å². The zero-order valence-electron chi connectivity index (χ0n) is 12.2. The molecule has 104 valence electrons. The molecule has 0 radical (unpaired) electrons. The smallest absolute Gasteiger partial charge is 0.121 e. The fourth-order valence-electron chi connectivity index (χ4n) is 2.37. The number of nitrogens with zero attached hydrogens (tertiary/aromatic N) is 1. The molecule has 0 amide bonds. The SMILES string of the molecule is COc1ccc2nc(CC(N)CC(C)(C)C)[nH]c2c1. The molecule has 19 heavy (non-hydrogen) atoms. The van der Waals surface area contributed by atoms with Gasteiger partial charge >= 0.3 is 0 Å². The average Bonchev–Trinajstić information content (AvgIpc) is 2.66. The van der Waals surface area contributed by atoms with Crippen LogP contribution in [-0.4, -0.2) is 23.1 Å². The maximum Gasteiger partial charge on any atom is 0.121 e. The lowest BCUT2D eigenvalue weighted by atomic mass is 9.87. The van der Waals surface area contributed by atoms with E-state index in [-0.39, 0.29) is 11.5 Å². The highest BCUT2D eigenvalue weighted by molar-refractivity contribution is 5.76. The average molecular weight is 261 g/mol. The van der Waals surface area contributed by atoms with Crippen LogP contribution in [0.25, 0.3) is 11.0 Å². The second-order valence-corrected chi connectivity index (χ2v) is 6.30. The van der Waals surface area contributed by atoms with Crippen molar-refractivity contribution in [1.82, 2.24) is 9.97 Å². The summed E-state index contributed by atoms with van der Waals surface area (Å²) in [6.45, 7) is 6.61. The Morgan fingerprint density at radius 3 is 2.74 bits per heavy atom. The normalized spacial score (nSPS) is 13.7. The Labute approximate surface area is 114 Å². The van der Waals surface area contributed by atoms with Gasteiger partial charge in [0.1, 0.15) is 11.6 Å². The highest BCUT2D eigenvalue weighted by atomic mass is 16.5. The Hall–Kier alpha value is -1.55. The molecule has 0 saturated heterocycles. The largest absolute Gasteiger partial charge is 0.497 e. The Bertz CT molecular complexity index is 554. The number of imidazole rings is 1. The Morgan fingerprint density at radius 2 is 2.11 bits per heavy atom. The van der Waals surface area contributed by atoms with Gasteiger partial charge in [0.2, 0.25) is 0 Å². The van der Waals surface area contributed by atoms with Crippen LogP contribution in [0.5, 0.6) is 5.75 Å². The molecule has 0 fully saturated rings. The highest BCUT2D eigenvalue weighted by Gasteiger charge is 2.17. The first-order chi connectivity index (χ1) is 8.87. The van der Waals surface area contributed by atoms with E-state index in [2.05, 4.69) is 30.7 Å². The molecule has 1 atom stereocenters. The van der Waals surface area contributed by atoms with Crippen molar-refractivity contribution in [2.75, 3.05) is 7.11 Å². The highest BCUT2D eigenvalue weighted by Crippen LogP contribution is 2.22. The Kier molecular flexibility index (Phi) is 3.80. The second-order valence-electron chi connectivity index (χ2n) is 6.30. The summed E-state index contributed by atoms with van der Waals surface area (Å²) in [6, 6.07) is 5.97. The van der Waals surface area contributed by atoms with Gasteiger partial charge in [0.15, 0.2) is 0 Å². The monoisotopic (exact) mass is 261 g/mol. The molecule has 1 aromatic heterocycles. The molecule has 0 bridgehead atoms. The van der Waals surface area contributed by atoms with Gasteiger partial charge in [-0.15, -0.1) is 0 Å². The van der Waals surface area contributed by atoms with Crippen LogP contribution in [-0.2, 0) is 6.42 Å². The minimum Gasteiger partial charge on any atom is -0.497 e. The molecule has 2 aromatic rings. The number of fused-ring (bicyclic) bond motifs is 1. The zero-order chi connectivity index (χ0) is 14.0. The van der Waals surface area contributed by atoms with Crippen molar-refractivity contribution < 1.29 is 4.74 Å². The first-order valence-electron chi connectivity index (χ1n) is 6.65. The molecule has 1 aromatic carbocycles. The molecule has 4 nitrogen and oxygen atoms in total. The van der Waals surface area contributed by atoms with Gasteiger partial charge in [-0.2, -0.15) is 0 Å². The van der Waals surface area contributed by atoms with Crippen LogP contribution >= 0.6 is 0 Å². The van der Waals surface area contributed by atoms with Crippen molar-refractivity contribution in [1.29, 1.82) is 0 Å². The molecule has 2 rings (SSSR count). The van der Waals surface area contributed by atoms with E-state index in [1.54, 1.807) is 7.11 Å². The lowest BCUT2D eigenvalue weighted by molar-refractivity contribution is 0.337. The van der Waals surface area contributed by atoms with Gasteiger partial charge in [-0.05, 0) is 24.0 Å². The predicted octanol–water partition coefficient (Wildman–Crippen LogP) is 2.88. The van der Waals surface area contributed by atoms with Crippen LogP contribution in [0.2, 0.25) is 0 Å². The summed E-state index contributed by atoms with van der Waals surface area (Å²) in [5.74, 6) is 1.78. The number of hydrogen-bond donors (Lipinski definition) is 2. The molecule has 4 heteroatoms. The van der Waals surface area contributed by atoms with E-state index in [0.29, 0.717) is 0 Å². The molecule has 0 spiro atoms. The summed E-state index contributed by atoms with van der Waals surface area (Å²) >= 11 is 0. The van der Waals surface area contributed by atoms with E-state index in [0.717, 1.165) is 35.4 Å². The summed E-state index contributed by atoms with van der Waals surface area (Å²) < 4.78 is 5.21. The summed E-state index contributed by atoms with van der Waals surface area (Å²) in [6.07, 6.45) is 1.75. The lowest BCUT2D eigenvalue weighted by Gasteiger charge is -2.22. The number of ether oxygens (including phenoxy) is 1. The maximum absolute atomic E-state index is 6.19. The molecule has 1 unspecified atom stereocenters. The van der Waals surface area contributed by atoms with Crippen molar-refractivity contribution in [3.8, 4) is 5.75 Å². The molecule has 0 aliphatic rings. The number of nitrogens with one attached hydrogen (secondary N) is 1. The number of aromatic nitrogens is 2. The summed E-state index contributed by atoms with van der Waals surface area (Å²) in [5.41, 5.74) is 8.38. The molecule has 1 heterocycles. The predicted molar refractivity (Wildman–Crippen MR) is 78.4 cm³/mol. The van der Waals surface area contributed by atoms with Gasteiger partial charge in [0, 0.05) is 18.5 Å². The molecule has 0 aliphatic carbocycles. The Morgan fingerprint density at radius 1 is 1.37 bits per heavy atom.